The summed E-state index contributed by atoms with van der Waals surface area (Å²) in [7, 11) is 0. The molecule has 2 heterocycles. The third-order valence-electron chi connectivity index (χ3n) is 4.09. The zero-order valence-electron chi connectivity index (χ0n) is 14.7. The number of fused-ring (bicyclic) bond motifs is 1. The number of benzene rings is 1. The van der Waals surface area contributed by atoms with Crippen molar-refractivity contribution >= 4 is 41.3 Å². The molecule has 1 aliphatic rings. The Kier molecular flexibility index (Phi) is 8.02. The molecule has 0 bridgehead atoms. The van der Waals surface area contributed by atoms with Gasteiger partial charge in [0, 0.05) is 24.4 Å². The molecule has 1 aromatic heterocycles. The van der Waals surface area contributed by atoms with Crippen molar-refractivity contribution in [1.29, 1.82) is 0 Å². The molecule has 2 N–H and O–H groups in total. The molecule has 4 nitrogen and oxygen atoms in total. The number of ether oxygens (including phenoxy) is 1. The van der Waals surface area contributed by atoms with Gasteiger partial charge in [0.25, 0.3) is 0 Å². The van der Waals surface area contributed by atoms with Crippen molar-refractivity contribution < 1.29 is 4.74 Å². The number of aliphatic imine (C=N–C) groups is 1. The molecule has 1 aromatic carbocycles. The highest BCUT2D eigenvalue weighted by Crippen LogP contribution is 2.26. The Balaban J connectivity index is 0.00000225. The molecule has 136 valence electrons. The summed E-state index contributed by atoms with van der Waals surface area (Å²) in [5.41, 5.74) is 2.65. The monoisotopic (exact) mass is 471 g/mol. The molecule has 1 unspecified atom stereocenters. The fourth-order valence-corrected chi connectivity index (χ4v) is 3.56. The number of guanidine groups is 1. The van der Waals surface area contributed by atoms with E-state index in [4.69, 9.17) is 9.73 Å². The van der Waals surface area contributed by atoms with Crippen molar-refractivity contribution in [3.63, 3.8) is 0 Å². The minimum Gasteiger partial charge on any atom is -0.493 e. The molecule has 0 spiro atoms. The minimum atomic E-state index is 0. The summed E-state index contributed by atoms with van der Waals surface area (Å²) >= 11 is 1.77. The molecule has 25 heavy (non-hydrogen) atoms. The number of halogens is 1. The van der Waals surface area contributed by atoms with Crippen LogP contribution in [0.5, 0.6) is 5.75 Å². The largest absolute Gasteiger partial charge is 0.493 e. The summed E-state index contributed by atoms with van der Waals surface area (Å²) in [6.07, 6.45) is 1.96. The summed E-state index contributed by atoms with van der Waals surface area (Å²) in [6.45, 7) is 6.70. The first-order valence-corrected chi connectivity index (χ1v) is 9.47. The van der Waals surface area contributed by atoms with E-state index >= 15 is 0 Å². The lowest BCUT2D eigenvalue weighted by Crippen LogP contribution is -2.38. The van der Waals surface area contributed by atoms with Crippen LogP contribution in [0.25, 0.3) is 0 Å². The summed E-state index contributed by atoms with van der Waals surface area (Å²) < 4.78 is 5.56. The maximum atomic E-state index is 5.56. The average molecular weight is 471 g/mol. The van der Waals surface area contributed by atoms with Crippen molar-refractivity contribution in [2.45, 2.75) is 32.7 Å². The molecular weight excluding hydrogens is 445 g/mol. The first-order valence-electron chi connectivity index (χ1n) is 8.59. The number of nitrogens with one attached hydrogen (secondary N) is 2. The Bertz CT molecular complexity index is 688. The first kappa shape index (κ1) is 20.0. The third-order valence-corrected chi connectivity index (χ3v) is 5.15. The lowest BCUT2D eigenvalue weighted by Gasteiger charge is -2.16. The van der Waals surface area contributed by atoms with Gasteiger partial charge in [-0.15, -0.1) is 35.3 Å². The van der Waals surface area contributed by atoms with Crippen LogP contribution in [0.2, 0.25) is 0 Å². The standard InChI is InChI=1S/C19H25N3OS.HI/c1-3-20-19(22-14(2)18-5-4-12-24-18)21-10-8-15-6-7-17-16(13-15)9-11-23-17;/h4-7,12-14H,3,8-11H2,1-2H3,(H2,20,21,22);1H. The number of hydrogen-bond donors (Lipinski definition) is 2. The first-order chi connectivity index (χ1) is 11.8. The molecule has 2 aromatic rings. The normalized spacial score (nSPS) is 14.2. The Labute approximate surface area is 171 Å². The van der Waals surface area contributed by atoms with E-state index in [2.05, 4.69) is 60.2 Å². The molecular formula is C19H26IN3OS. The van der Waals surface area contributed by atoms with E-state index in [-0.39, 0.29) is 30.0 Å². The zero-order chi connectivity index (χ0) is 16.8. The van der Waals surface area contributed by atoms with Gasteiger partial charge in [-0.1, -0.05) is 18.2 Å². The van der Waals surface area contributed by atoms with Crippen molar-refractivity contribution in [2.24, 2.45) is 4.99 Å². The second-order valence-corrected chi connectivity index (χ2v) is 6.91. The van der Waals surface area contributed by atoms with Crippen molar-refractivity contribution in [2.75, 3.05) is 19.7 Å². The molecule has 0 saturated carbocycles. The Morgan fingerprint density at radius 2 is 2.24 bits per heavy atom. The summed E-state index contributed by atoms with van der Waals surface area (Å²) in [5, 5.41) is 8.91. The predicted octanol–water partition coefficient (Wildman–Crippen LogP) is 4.16. The lowest BCUT2D eigenvalue weighted by atomic mass is 10.1. The van der Waals surface area contributed by atoms with Crippen LogP contribution in [0.15, 0.2) is 40.7 Å². The molecule has 1 aliphatic heterocycles. The van der Waals surface area contributed by atoms with Crippen LogP contribution >= 0.6 is 35.3 Å². The predicted molar refractivity (Wildman–Crippen MR) is 117 cm³/mol. The second kappa shape index (κ2) is 10.0. The van der Waals surface area contributed by atoms with Crippen LogP contribution in [-0.4, -0.2) is 25.7 Å². The minimum absolute atomic E-state index is 0. The van der Waals surface area contributed by atoms with Crippen LogP contribution in [0.1, 0.15) is 35.9 Å². The van der Waals surface area contributed by atoms with E-state index in [0.717, 1.165) is 44.2 Å². The van der Waals surface area contributed by atoms with Crippen molar-refractivity contribution in [1.82, 2.24) is 10.6 Å². The van der Waals surface area contributed by atoms with E-state index < -0.39 is 0 Å². The molecule has 0 amide bonds. The third kappa shape index (κ3) is 5.60. The van der Waals surface area contributed by atoms with E-state index in [0.29, 0.717) is 0 Å². The quantitative estimate of drug-likeness (QED) is 0.378. The molecule has 6 heteroatoms. The molecule has 0 radical (unpaired) electrons. The van der Waals surface area contributed by atoms with Crippen LogP contribution in [0.3, 0.4) is 0 Å². The smallest absolute Gasteiger partial charge is 0.191 e. The van der Waals surface area contributed by atoms with Gasteiger partial charge in [-0.2, -0.15) is 0 Å². The Hall–Kier alpha value is -1.28. The van der Waals surface area contributed by atoms with Crippen LogP contribution in [0, 0.1) is 0 Å². The molecule has 3 rings (SSSR count). The lowest BCUT2D eigenvalue weighted by molar-refractivity contribution is 0.357. The summed E-state index contributed by atoms with van der Waals surface area (Å²) in [4.78, 5) is 6.04. The van der Waals surface area contributed by atoms with Gasteiger partial charge in [-0.05, 0) is 48.9 Å². The van der Waals surface area contributed by atoms with E-state index in [1.807, 2.05) is 0 Å². The van der Waals surface area contributed by atoms with Crippen LogP contribution in [0.4, 0.5) is 0 Å². The van der Waals surface area contributed by atoms with Crippen molar-refractivity contribution in [3.8, 4) is 5.75 Å². The highest BCUT2D eigenvalue weighted by atomic mass is 127. The van der Waals surface area contributed by atoms with Gasteiger partial charge in [0.15, 0.2) is 5.96 Å². The summed E-state index contributed by atoms with van der Waals surface area (Å²) in [5.74, 6) is 1.92. The molecule has 0 saturated heterocycles. The maximum absolute atomic E-state index is 5.56. The number of nitrogens with zero attached hydrogens (tertiary/aromatic N) is 1. The average Bonchev–Trinajstić information content (AvgIpc) is 3.26. The zero-order valence-corrected chi connectivity index (χ0v) is 17.9. The van der Waals surface area contributed by atoms with Gasteiger partial charge >= 0.3 is 0 Å². The fraction of sp³-hybridized carbons (Fsp3) is 0.421. The van der Waals surface area contributed by atoms with Crippen molar-refractivity contribution in [3.05, 3.63) is 51.7 Å². The summed E-state index contributed by atoms with van der Waals surface area (Å²) in [6, 6.07) is 11.0. The van der Waals surface area contributed by atoms with Crippen LogP contribution in [-0.2, 0) is 12.8 Å². The highest BCUT2D eigenvalue weighted by molar-refractivity contribution is 14.0. The molecule has 0 aliphatic carbocycles. The SMILES string of the molecule is CCNC(=NCCc1ccc2c(c1)CCO2)NC(C)c1cccs1.I. The number of thiophene rings is 1. The topological polar surface area (TPSA) is 45.7 Å². The van der Waals surface area contributed by atoms with Gasteiger partial charge in [0.2, 0.25) is 0 Å². The van der Waals surface area contributed by atoms with Gasteiger partial charge in [-0.3, -0.25) is 4.99 Å². The fourth-order valence-electron chi connectivity index (χ4n) is 2.83. The van der Waals surface area contributed by atoms with E-state index in [1.54, 1.807) is 11.3 Å². The number of hydrogen-bond acceptors (Lipinski definition) is 3. The van der Waals surface area contributed by atoms with E-state index in [1.165, 1.54) is 16.0 Å². The molecule has 1 atom stereocenters. The van der Waals surface area contributed by atoms with Crippen LogP contribution < -0.4 is 15.4 Å². The van der Waals surface area contributed by atoms with Gasteiger partial charge < -0.3 is 15.4 Å². The number of rotatable bonds is 6. The Morgan fingerprint density at radius 3 is 3.00 bits per heavy atom. The molecule has 0 fully saturated rings. The van der Waals surface area contributed by atoms with Gasteiger partial charge in [0.05, 0.1) is 12.6 Å². The second-order valence-electron chi connectivity index (χ2n) is 5.93. The van der Waals surface area contributed by atoms with Gasteiger partial charge in [0.1, 0.15) is 5.75 Å². The van der Waals surface area contributed by atoms with Gasteiger partial charge in [-0.25, -0.2) is 0 Å². The van der Waals surface area contributed by atoms with E-state index in [9.17, 15) is 0 Å². The highest BCUT2D eigenvalue weighted by Gasteiger charge is 2.12. The maximum Gasteiger partial charge on any atom is 0.191 e. The Morgan fingerprint density at radius 1 is 1.36 bits per heavy atom.